The second kappa shape index (κ2) is 5.64. The quantitative estimate of drug-likeness (QED) is 0.887. The first-order chi connectivity index (χ1) is 8.95. The van der Waals surface area contributed by atoms with Crippen molar-refractivity contribution in [3.8, 4) is 0 Å². The van der Waals surface area contributed by atoms with Gasteiger partial charge in [-0.3, -0.25) is 0 Å². The fraction of sp³-hybridized carbons (Fsp3) is 0.583. The van der Waals surface area contributed by atoms with Crippen molar-refractivity contribution >= 4 is 11.6 Å². The smallest absolute Gasteiger partial charge is 0.384 e. The van der Waals surface area contributed by atoms with Crippen molar-refractivity contribution in [3.05, 3.63) is 17.7 Å². The summed E-state index contributed by atoms with van der Waals surface area (Å²) in [6.45, 7) is 1.28. The van der Waals surface area contributed by atoms with E-state index in [0.29, 0.717) is 6.54 Å². The molecule has 1 atom stereocenters. The average molecular weight is 275 g/mol. The van der Waals surface area contributed by atoms with Gasteiger partial charge in [0.05, 0.1) is 11.7 Å². The Labute approximate surface area is 109 Å². The van der Waals surface area contributed by atoms with Gasteiger partial charge < -0.3 is 15.8 Å². The molecule has 106 valence electrons. The lowest BCUT2D eigenvalue weighted by atomic mass is 10.2. The molecule has 1 aromatic rings. The molecule has 1 aliphatic heterocycles. The number of nitrogens with two attached hydrogens (primary N) is 1. The van der Waals surface area contributed by atoms with Crippen molar-refractivity contribution in [2.45, 2.75) is 31.5 Å². The molecule has 0 aromatic carbocycles. The van der Waals surface area contributed by atoms with Crippen LogP contribution in [0.5, 0.6) is 0 Å². The maximum Gasteiger partial charge on any atom is 0.416 e. The summed E-state index contributed by atoms with van der Waals surface area (Å²) in [7, 11) is 0. The minimum atomic E-state index is -4.41. The van der Waals surface area contributed by atoms with Crippen molar-refractivity contribution in [2.24, 2.45) is 0 Å². The molecule has 1 aromatic heterocycles. The highest BCUT2D eigenvalue weighted by Gasteiger charge is 2.31. The molecular weight excluding hydrogens is 259 g/mol. The molecule has 1 aliphatic rings. The zero-order chi connectivity index (χ0) is 13.9. The minimum absolute atomic E-state index is 0.144. The number of nitrogens with zero attached hydrogens (tertiary/aromatic N) is 1. The first-order valence-corrected chi connectivity index (χ1v) is 6.15. The molecule has 2 rings (SSSR count). The third-order valence-electron chi connectivity index (χ3n) is 2.97. The average Bonchev–Trinajstić information content (AvgIpc) is 2.80. The van der Waals surface area contributed by atoms with E-state index in [9.17, 15) is 13.2 Å². The molecule has 0 radical (unpaired) electrons. The van der Waals surface area contributed by atoms with Gasteiger partial charge in [0.1, 0.15) is 11.6 Å². The fourth-order valence-corrected chi connectivity index (χ4v) is 2.04. The number of nitrogens with one attached hydrogen (secondary N) is 1. The predicted molar refractivity (Wildman–Crippen MR) is 65.7 cm³/mol. The van der Waals surface area contributed by atoms with Gasteiger partial charge in [-0.25, -0.2) is 4.98 Å². The van der Waals surface area contributed by atoms with Crippen LogP contribution in [0.2, 0.25) is 0 Å². The van der Waals surface area contributed by atoms with Gasteiger partial charge in [0.25, 0.3) is 0 Å². The molecule has 0 saturated carbocycles. The van der Waals surface area contributed by atoms with E-state index >= 15 is 0 Å². The van der Waals surface area contributed by atoms with Crippen LogP contribution in [0.3, 0.4) is 0 Å². The minimum Gasteiger partial charge on any atom is -0.384 e. The van der Waals surface area contributed by atoms with Crippen LogP contribution in [0.25, 0.3) is 0 Å². The maximum atomic E-state index is 12.6. The summed E-state index contributed by atoms with van der Waals surface area (Å²) < 4.78 is 43.2. The van der Waals surface area contributed by atoms with Gasteiger partial charge in [0.15, 0.2) is 0 Å². The number of rotatable bonds is 4. The third kappa shape index (κ3) is 3.99. The molecule has 3 N–H and O–H groups in total. The lowest BCUT2D eigenvalue weighted by Crippen LogP contribution is -2.14. The number of halogens is 3. The van der Waals surface area contributed by atoms with E-state index in [2.05, 4.69) is 10.3 Å². The summed E-state index contributed by atoms with van der Waals surface area (Å²) >= 11 is 0. The molecule has 7 heteroatoms. The number of hydrogen-bond donors (Lipinski definition) is 2. The topological polar surface area (TPSA) is 60.2 Å². The highest BCUT2D eigenvalue weighted by molar-refractivity contribution is 5.47. The summed E-state index contributed by atoms with van der Waals surface area (Å²) in [6, 6.07) is 1.79. The molecule has 19 heavy (non-hydrogen) atoms. The number of nitrogen functional groups attached to an aromatic ring is 1. The Kier molecular flexibility index (Phi) is 4.14. The normalized spacial score (nSPS) is 19.6. The Morgan fingerprint density at radius 3 is 2.84 bits per heavy atom. The van der Waals surface area contributed by atoms with E-state index in [4.69, 9.17) is 10.5 Å². The molecular formula is C12H16F3N3O. The highest BCUT2D eigenvalue weighted by atomic mass is 19.4. The molecule has 0 aliphatic carbocycles. The van der Waals surface area contributed by atoms with Crippen LogP contribution < -0.4 is 11.1 Å². The number of hydrogen-bond acceptors (Lipinski definition) is 4. The SMILES string of the molecule is Nc1cc(C(F)(F)F)cc(NCCC2CCCO2)n1. The molecule has 0 bridgehead atoms. The van der Waals surface area contributed by atoms with Crippen LogP contribution in [0.15, 0.2) is 12.1 Å². The van der Waals surface area contributed by atoms with Crippen LogP contribution in [0.1, 0.15) is 24.8 Å². The van der Waals surface area contributed by atoms with Gasteiger partial charge in [-0.1, -0.05) is 0 Å². The largest absolute Gasteiger partial charge is 0.416 e. The monoisotopic (exact) mass is 275 g/mol. The standard InChI is InChI=1S/C12H16F3N3O/c13-12(14,15)8-6-10(16)18-11(7-8)17-4-3-9-2-1-5-19-9/h6-7,9H,1-5H2,(H3,16,17,18). The van der Waals surface area contributed by atoms with Crippen LogP contribution in [0.4, 0.5) is 24.8 Å². The number of alkyl halides is 3. The highest BCUT2D eigenvalue weighted by Crippen LogP contribution is 2.31. The number of ether oxygens (including phenoxy) is 1. The Morgan fingerprint density at radius 1 is 1.42 bits per heavy atom. The molecule has 4 nitrogen and oxygen atoms in total. The van der Waals surface area contributed by atoms with E-state index < -0.39 is 11.7 Å². The van der Waals surface area contributed by atoms with E-state index in [1.54, 1.807) is 0 Å². The molecule has 0 amide bonds. The van der Waals surface area contributed by atoms with Crippen molar-refractivity contribution in [1.29, 1.82) is 0 Å². The summed E-state index contributed by atoms with van der Waals surface area (Å²) in [5, 5.41) is 2.85. The summed E-state index contributed by atoms with van der Waals surface area (Å²) in [4.78, 5) is 3.84. The van der Waals surface area contributed by atoms with Gasteiger partial charge in [0.2, 0.25) is 0 Å². The Balaban J connectivity index is 1.94. The van der Waals surface area contributed by atoms with Crippen molar-refractivity contribution in [3.63, 3.8) is 0 Å². The summed E-state index contributed by atoms with van der Waals surface area (Å²) in [6.07, 6.45) is -1.44. The maximum absolute atomic E-state index is 12.6. The molecule has 0 spiro atoms. The summed E-state index contributed by atoms with van der Waals surface area (Å²) in [5.74, 6) is -0.000219. The van der Waals surface area contributed by atoms with E-state index in [1.807, 2.05) is 0 Å². The third-order valence-corrected chi connectivity index (χ3v) is 2.97. The van der Waals surface area contributed by atoms with Gasteiger partial charge in [0, 0.05) is 13.2 Å². The number of aromatic nitrogens is 1. The van der Waals surface area contributed by atoms with E-state index in [-0.39, 0.29) is 17.7 Å². The lowest BCUT2D eigenvalue weighted by Gasteiger charge is -2.13. The second-order valence-corrected chi connectivity index (χ2v) is 4.51. The molecule has 2 heterocycles. The van der Waals surface area contributed by atoms with Crippen LogP contribution in [-0.2, 0) is 10.9 Å². The van der Waals surface area contributed by atoms with Gasteiger partial charge >= 0.3 is 6.18 Å². The first-order valence-electron chi connectivity index (χ1n) is 6.15. The fourth-order valence-electron chi connectivity index (χ4n) is 2.04. The Morgan fingerprint density at radius 2 is 2.21 bits per heavy atom. The Bertz CT molecular complexity index is 431. The van der Waals surface area contributed by atoms with Crippen LogP contribution >= 0.6 is 0 Å². The summed E-state index contributed by atoms with van der Waals surface area (Å²) in [5.41, 5.74) is 4.58. The number of anilines is 2. The zero-order valence-electron chi connectivity index (χ0n) is 10.3. The van der Waals surface area contributed by atoms with E-state index in [1.165, 1.54) is 0 Å². The van der Waals surface area contributed by atoms with Crippen LogP contribution in [-0.4, -0.2) is 24.2 Å². The lowest BCUT2D eigenvalue weighted by molar-refractivity contribution is -0.137. The molecule has 1 saturated heterocycles. The van der Waals surface area contributed by atoms with Crippen LogP contribution in [0, 0.1) is 0 Å². The molecule has 1 unspecified atom stereocenters. The predicted octanol–water partition coefficient (Wildman–Crippen LogP) is 2.66. The van der Waals surface area contributed by atoms with E-state index in [0.717, 1.165) is 38.0 Å². The van der Waals surface area contributed by atoms with Gasteiger partial charge in [-0.15, -0.1) is 0 Å². The Hall–Kier alpha value is -1.50. The molecule has 1 fully saturated rings. The van der Waals surface area contributed by atoms with Crippen molar-refractivity contribution in [2.75, 3.05) is 24.2 Å². The first kappa shape index (κ1) is 13.9. The van der Waals surface area contributed by atoms with Gasteiger partial charge in [-0.05, 0) is 31.4 Å². The number of pyridine rings is 1. The second-order valence-electron chi connectivity index (χ2n) is 4.51. The van der Waals surface area contributed by atoms with Crippen molar-refractivity contribution < 1.29 is 17.9 Å². The van der Waals surface area contributed by atoms with Gasteiger partial charge in [-0.2, -0.15) is 13.2 Å². The van der Waals surface area contributed by atoms with Crippen molar-refractivity contribution in [1.82, 2.24) is 4.98 Å². The zero-order valence-corrected chi connectivity index (χ0v) is 10.3.